The van der Waals surface area contributed by atoms with Crippen LogP contribution in [0.4, 0.5) is 10.1 Å². The second kappa shape index (κ2) is 8.74. The molecule has 3 rings (SSSR count). The van der Waals surface area contributed by atoms with Crippen LogP contribution in [0.5, 0.6) is 0 Å². The highest BCUT2D eigenvalue weighted by Gasteiger charge is 2.16. The Hall–Kier alpha value is -2.24. The molecule has 1 heterocycles. The normalized spacial score (nSPS) is 16.4. The van der Waals surface area contributed by atoms with Gasteiger partial charge >= 0.3 is 0 Å². The Labute approximate surface area is 149 Å². The number of benzene rings is 2. The molecule has 1 saturated heterocycles. The fourth-order valence-corrected chi connectivity index (χ4v) is 3.03. The molecule has 1 N–H and O–H groups in total. The number of halogens is 1. The molecule has 132 valence electrons. The Bertz CT molecular complexity index is 694. The second-order valence-corrected chi connectivity index (χ2v) is 6.29. The molecule has 0 unspecified atom stereocenters. The van der Waals surface area contributed by atoms with Gasteiger partial charge in [-0.05, 0) is 41.9 Å². The smallest absolute Gasteiger partial charge is 0.123 e. The van der Waals surface area contributed by atoms with E-state index in [1.165, 1.54) is 6.07 Å². The van der Waals surface area contributed by atoms with Crippen molar-refractivity contribution in [3.8, 4) is 0 Å². The summed E-state index contributed by atoms with van der Waals surface area (Å²) < 4.78 is 13.7. The minimum atomic E-state index is -0.199. The summed E-state index contributed by atoms with van der Waals surface area (Å²) in [5, 5.41) is 4.30. The Morgan fingerprint density at radius 2 is 1.76 bits per heavy atom. The Kier molecular flexibility index (Phi) is 6.14. The minimum absolute atomic E-state index is 0.199. The Balaban J connectivity index is 1.66. The van der Waals surface area contributed by atoms with E-state index < -0.39 is 0 Å². The van der Waals surface area contributed by atoms with Gasteiger partial charge in [-0.15, -0.1) is 0 Å². The maximum absolute atomic E-state index is 13.7. The number of hydrazone groups is 1. The summed E-state index contributed by atoms with van der Waals surface area (Å²) in [4.78, 5) is 4.82. The molecule has 0 aliphatic carbocycles. The number of anilines is 1. The molecule has 2 aromatic carbocycles. The predicted molar refractivity (Wildman–Crippen MR) is 101 cm³/mol. The van der Waals surface area contributed by atoms with Crippen LogP contribution < -0.4 is 5.43 Å². The standard InChI is InChI=1S/C20H25FN4/c1-2-24-10-12-25(13-11-24)16-18-14-19(21)9-8-17(18)15-22-23-20-6-4-3-5-7-20/h3-9,14-15,23H,2,10-13,16H2,1H3. The van der Waals surface area contributed by atoms with Crippen LogP contribution in [0.15, 0.2) is 53.6 Å². The summed E-state index contributed by atoms with van der Waals surface area (Å²) in [5.41, 5.74) is 5.86. The molecule has 0 radical (unpaired) electrons. The van der Waals surface area contributed by atoms with Crippen LogP contribution >= 0.6 is 0 Å². The molecule has 0 atom stereocenters. The Morgan fingerprint density at radius 1 is 1.04 bits per heavy atom. The van der Waals surface area contributed by atoms with Crippen molar-refractivity contribution in [2.75, 3.05) is 38.1 Å². The van der Waals surface area contributed by atoms with Crippen molar-refractivity contribution in [1.29, 1.82) is 0 Å². The van der Waals surface area contributed by atoms with Gasteiger partial charge in [0.15, 0.2) is 0 Å². The van der Waals surface area contributed by atoms with Crippen molar-refractivity contribution in [2.45, 2.75) is 13.5 Å². The summed E-state index contributed by atoms with van der Waals surface area (Å²) in [6, 6.07) is 14.7. The van der Waals surface area contributed by atoms with Gasteiger partial charge in [0.1, 0.15) is 5.82 Å². The molecule has 0 spiro atoms. The topological polar surface area (TPSA) is 30.9 Å². The van der Waals surface area contributed by atoms with E-state index in [1.807, 2.05) is 30.3 Å². The molecule has 0 bridgehead atoms. The number of hydrogen-bond donors (Lipinski definition) is 1. The van der Waals surface area contributed by atoms with Crippen LogP contribution in [-0.2, 0) is 6.54 Å². The molecule has 2 aromatic rings. The average molecular weight is 340 g/mol. The lowest BCUT2D eigenvalue weighted by molar-refractivity contribution is 0.132. The third-order valence-electron chi connectivity index (χ3n) is 4.58. The number of para-hydroxylation sites is 1. The number of piperazine rings is 1. The van der Waals surface area contributed by atoms with Crippen molar-refractivity contribution in [3.63, 3.8) is 0 Å². The highest BCUT2D eigenvalue weighted by atomic mass is 19.1. The number of rotatable bonds is 6. The van der Waals surface area contributed by atoms with Crippen molar-refractivity contribution in [2.24, 2.45) is 5.10 Å². The van der Waals surface area contributed by atoms with Crippen molar-refractivity contribution < 1.29 is 4.39 Å². The third kappa shape index (κ3) is 5.11. The molecule has 0 amide bonds. The Morgan fingerprint density at radius 3 is 2.48 bits per heavy atom. The van der Waals surface area contributed by atoms with Crippen LogP contribution in [-0.4, -0.2) is 48.7 Å². The van der Waals surface area contributed by atoms with Gasteiger partial charge in [0, 0.05) is 32.7 Å². The highest BCUT2D eigenvalue weighted by Crippen LogP contribution is 2.14. The first-order chi connectivity index (χ1) is 12.2. The second-order valence-electron chi connectivity index (χ2n) is 6.29. The zero-order chi connectivity index (χ0) is 17.5. The van der Waals surface area contributed by atoms with Gasteiger partial charge in [-0.3, -0.25) is 10.3 Å². The van der Waals surface area contributed by atoms with E-state index in [1.54, 1.807) is 18.3 Å². The first kappa shape index (κ1) is 17.6. The molecule has 1 fully saturated rings. The maximum atomic E-state index is 13.7. The van der Waals surface area contributed by atoms with E-state index in [4.69, 9.17) is 0 Å². The van der Waals surface area contributed by atoms with Crippen LogP contribution in [0, 0.1) is 5.82 Å². The molecule has 4 nitrogen and oxygen atoms in total. The summed E-state index contributed by atoms with van der Waals surface area (Å²) in [6.07, 6.45) is 1.77. The summed E-state index contributed by atoms with van der Waals surface area (Å²) >= 11 is 0. The predicted octanol–water partition coefficient (Wildman–Crippen LogP) is 3.41. The first-order valence-corrected chi connectivity index (χ1v) is 8.82. The molecular formula is C20H25FN4. The highest BCUT2D eigenvalue weighted by molar-refractivity contribution is 5.82. The zero-order valence-electron chi connectivity index (χ0n) is 14.7. The van der Waals surface area contributed by atoms with E-state index in [9.17, 15) is 4.39 Å². The van der Waals surface area contributed by atoms with Gasteiger partial charge in [0.2, 0.25) is 0 Å². The molecular weight excluding hydrogens is 315 g/mol. The molecule has 0 aromatic heterocycles. The van der Waals surface area contributed by atoms with E-state index in [0.717, 1.165) is 56.1 Å². The van der Waals surface area contributed by atoms with Crippen LogP contribution in [0.2, 0.25) is 0 Å². The van der Waals surface area contributed by atoms with E-state index in [2.05, 4.69) is 27.3 Å². The van der Waals surface area contributed by atoms with Crippen molar-refractivity contribution in [1.82, 2.24) is 9.80 Å². The van der Waals surface area contributed by atoms with Gasteiger partial charge in [0.25, 0.3) is 0 Å². The quantitative estimate of drug-likeness (QED) is 0.646. The number of likely N-dealkylation sites (N-methyl/N-ethyl adjacent to an activating group) is 1. The molecule has 25 heavy (non-hydrogen) atoms. The van der Waals surface area contributed by atoms with Gasteiger partial charge in [-0.1, -0.05) is 31.2 Å². The lowest BCUT2D eigenvalue weighted by Crippen LogP contribution is -2.45. The van der Waals surface area contributed by atoms with Crippen LogP contribution in [0.3, 0.4) is 0 Å². The lowest BCUT2D eigenvalue weighted by atomic mass is 10.1. The fourth-order valence-electron chi connectivity index (χ4n) is 3.03. The first-order valence-electron chi connectivity index (χ1n) is 8.82. The number of nitrogens with zero attached hydrogens (tertiary/aromatic N) is 3. The monoisotopic (exact) mass is 340 g/mol. The molecule has 0 saturated carbocycles. The van der Waals surface area contributed by atoms with Gasteiger partial charge in [0.05, 0.1) is 11.9 Å². The molecule has 1 aliphatic rings. The molecule has 1 aliphatic heterocycles. The summed E-state index contributed by atoms with van der Waals surface area (Å²) in [7, 11) is 0. The van der Waals surface area contributed by atoms with Crippen LogP contribution in [0.1, 0.15) is 18.1 Å². The van der Waals surface area contributed by atoms with E-state index >= 15 is 0 Å². The molecule has 5 heteroatoms. The summed E-state index contributed by atoms with van der Waals surface area (Å²) in [6.45, 7) is 8.22. The zero-order valence-corrected chi connectivity index (χ0v) is 14.7. The maximum Gasteiger partial charge on any atom is 0.123 e. The largest absolute Gasteiger partial charge is 0.301 e. The van der Waals surface area contributed by atoms with Gasteiger partial charge < -0.3 is 4.90 Å². The average Bonchev–Trinajstić information content (AvgIpc) is 2.65. The summed E-state index contributed by atoms with van der Waals surface area (Å²) in [5.74, 6) is -0.199. The fraction of sp³-hybridized carbons (Fsp3) is 0.350. The van der Waals surface area contributed by atoms with Crippen molar-refractivity contribution in [3.05, 3.63) is 65.5 Å². The SMILES string of the molecule is CCN1CCN(Cc2cc(F)ccc2C=NNc2ccccc2)CC1. The van der Waals surface area contributed by atoms with Gasteiger partial charge in [-0.2, -0.15) is 5.10 Å². The van der Waals surface area contributed by atoms with Gasteiger partial charge in [-0.25, -0.2) is 4.39 Å². The van der Waals surface area contributed by atoms with Crippen molar-refractivity contribution >= 4 is 11.9 Å². The van der Waals surface area contributed by atoms with E-state index in [-0.39, 0.29) is 5.82 Å². The third-order valence-corrected chi connectivity index (χ3v) is 4.58. The van der Waals surface area contributed by atoms with E-state index in [0.29, 0.717) is 0 Å². The lowest BCUT2D eigenvalue weighted by Gasteiger charge is -2.34. The number of hydrogen-bond acceptors (Lipinski definition) is 4. The minimum Gasteiger partial charge on any atom is -0.301 e. The number of nitrogens with one attached hydrogen (secondary N) is 1. The van der Waals surface area contributed by atoms with Crippen LogP contribution in [0.25, 0.3) is 0 Å².